The van der Waals surface area contributed by atoms with Crippen molar-refractivity contribution in [2.24, 2.45) is 5.10 Å². The van der Waals surface area contributed by atoms with Crippen LogP contribution in [-0.4, -0.2) is 38.8 Å². The van der Waals surface area contributed by atoms with E-state index < -0.39 is 33.0 Å². The minimum Gasteiger partial charge on any atom is -0.272 e. The Balaban J connectivity index is 1.77. The van der Waals surface area contributed by atoms with E-state index in [9.17, 15) is 29.8 Å². The molecule has 0 bridgehead atoms. The highest BCUT2D eigenvalue weighted by molar-refractivity contribution is 6.22. The first kappa shape index (κ1) is 18.6. The highest BCUT2D eigenvalue weighted by atomic mass is 16.6. The zero-order valence-corrected chi connectivity index (χ0v) is 14.5. The second-order valence-electron chi connectivity index (χ2n) is 5.92. The lowest BCUT2D eigenvalue weighted by Crippen LogP contribution is -2.34. The van der Waals surface area contributed by atoms with E-state index >= 15 is 0 Å². The van der Waals surface area contributed by atoms with E-state index in [0.717, 1.165) is 23.1 Å². The number of benzene rings is 2. The molecule has 0 fully saturated rings. The molecule has 0 spiro atoms. The fraction of sp³-hybridized carbons (Fsp3) is 0.118. The van der Waals surface area contributed by atoms with Crippen LogP contribution in [0.4, 0.5) is 17.1 Å². The summed E-state index contributed by atoms with van der Waals surface area (Å²) in [4.78, 5) is 46.1. The molecule has 0 aliphatic carbocycles. The predicted molar refractivity (Wildman–Crippen MR) is 98.3 cm³/mol. The van der Waals surface area contributed by atoms with Crippen LogP contribution >= 0.6 is 0 Å². The van der Waals surface area contributed by atoms with E-state index in [-0.39, 0.29) is 12.2 Å². The van der Waals surface area contributed by atoms with Crippen LogP contribution in [-0.2, 0) is 0 Å². The average Bonchev–Trinajstić information content (AvgIpc) is 2.91. The van der Waals surface area contributed by atoms with E-state index in [1.165, 1.54) is 6.92 Å². The minimum absolute atomic E-state index is 0.0580. The molecule has 1 aliphatic rings. The normalized spacial score (nSPS) is 13.5. The van der Waals surface area contributed by atoms with Crippen molar-refractivity contribution in [2.45, 2.75) is 6.92 Å². The molecule has 28 heavy (non-hydrogen) atoms. The maximum absolute atomic E-state index is 12.3. The largest absolute Gasteiger partial charge is 0.301 e. The zero-order chi connectivity index (χ0) is 20.4. The topological polar surface area (TPSA) is 148 Å². The van der Waals surface area contributed by atoms with Gasteiger partial charge in [0.05, 0.1) is 39.3 Å². The van der Waals surface area contributed by atoms with Gasteiger partial charge in [-0.15, -0.1) is 0 Å². The number of rotatable bonds is 6. The van der Waals surface area contributed by atoms with Crippen molar-refractivity contribution < 1.29 is 19.4 Å². The van der Waals surface area contributed by atoms with Crippen LogP contribution in [0.1, 0.15) is 27.6 Å². The molecule has 0 atom stereocenters. The first-order valence-electron chi connectivity index (χ1n) is 7.97. The standard InChI is InChI=1S/C17H13N5O6/c1-10(9-20-16(23)12-4-2-3-5-13(12)17(20)24)18-19-14-7-6-11(21(25)26)8-15(14)22(27)28/h2-8,19H,9H2,1H3. The molecule has 2 amide bonds. The van der Waals surface area contributed by atoms with Crippen molar-refractivity contribution in [1.29, 1.82) is 0 Å². The molecule has 11 nitrogen and oxygen atoms in total. The molecule has 1 aliphatic heterocycles. The molecule has 0 saturated heterocycles. The summed E-state index contributed by atoms with van der Waals surface area (Å²) < 4.78 is 0. The van der Waals surface area contributed by atoms with Crippen LogP contribution in [0.3, 0.4) is 0 Å². The first-order chi connectivity index (χ1) is 13.3. The highest BCUT2D eigenvalue weighted by Gasteiger charge is 2.35. The minimum atomic E-state index is -0.773. The van der Waals surface area contributed by atoms with Crippen LogP contribution in [0.2, 0.25) is 0 Å². The Bertz CT molecular complexity index is 1010. The van der Waals surface area contributed by atoms with Crippen LogP contribution in [0.25, 0.3) is 0 Å². The molecule has 3 rings (SSSR count). The van der Waals surface area contributed by atoms with Gasteiger partial charge in [0.15, 0.2) is 0 Å². The van der Waals surface area contributed by atoms with E-state index in [1.807, 2.05) is 0 Å². The van der Waals surface area contributed by atoms with Gasteiger partial charge in [-0.3, -0.25) is 40.1 Å². The third kappa shape index (κ3) is 3.40. The van der Waals surface area contributed by atoms with E-state index in [0.29, 0.717) is 16.8 Å². The number of nitro groups is 2. The Morgan fingerprint density at radius 1 is 1.04 bits per heavy atom. The number of nitrogens with one attached hydrogen (secondary N) is 1. The Morgan fingerprint density at radius 3 is 2.18 bits per heavy atom. The van der Waals surface area contributed by atoms with E-state index in [1.54, 1.807) is 24.3 Å². The van der Waals surface area contributed by atoms with Gasteiger partial charge in [0.1, 0.15) is 5.69 Å². The summed E-state index contributed by atoms with van der Waals surface area (Å²) in [6, 6.07) is 9.51. The molecule has 2 aromatic rings. The summed E-state index contributed by atoms with van der Waals surface area (Å²) in [5, 5.41) is 25.8. The second-order valence-corrected chi connectivity index (χ2v) is 5.92. The number of imide groups is 1. The van der Waals surface area contributed by atoms with Gasteiger partial charge < -0.3 is 0 Å². The number of anilines is 1. The monoisotopic (exact) mass is 383 g/mol. The summed E-state index contributed by atoms with van der Waals surface area (Å²) >= 11 is 0. The lowest BCUT2D eigenvalue weighted by molar-refractivity contribution is -0.393. The molecular weight excluding hydrogens is 370 g/mol. The lowest BCUT2D eigenvalue weighted by atomic mass is 10.1. The summed E-state index contributed by atoms with van der Waals surface area (Å²) in [7, 11) is 0. The van der Waals surface area contributed by atoms with Gasteiger partial charge in [0.2, 0.25) is 0 Å². The zero-order valence-electron chi connectivity index (χ0n) is 14.5. The summed E-state index contributed by atoms with van der Waals surface area (Å²) in [5.41, 5.74) is 2.37. The second kappa shape index (κ2) is 7.23. The number of amides is 2. The van der Waals surface area contributed by atoms with Crippen molar-refractivity contribution in [1.82, 2.24) is 4.90 Å². The maximum atomic E-state index is 12.3. The number of nitro benzene ring substituents is 2. The fourth-order valence-electron chi connectivity index (χ4n) is 2.68. The molecule has 0 radical (unpaired) electrons. The van der Waals surface area contributed by atoms with Gasteiger partial charge in [0, 0.05) is 6.07 Å². The Kier molecular flexibility index (Phi) is 4.81. The van der Waals surface area contributed by atoms with Crippen LogP contribution in [0, 0.1) is 20.2 Å². The van der Waals surface area contributed by atoms with Gasteiger partial charge in [0.25, 0.3) is 17.5 Å². The molecule has 1 N–H and O–H groups in total. The van der Waals surface area contributed by atoms with Gasteiger partial charge in [-0.2, -0.15) is 5.10 Å². The van der Waals surface area contributed by atoms with E-state index in [2.05, 4.69) is 10.5 Å². The van der Waals surface area contributed by atoms with Gasteiger partial charge in [-0.25, -0.2) is 0 Å². The first-order valence-corrected chi connectivity index (χ1v) is 7.97. The van der Waals surface area contributed by atoms with E-state index in [4.69, 9.17) is 0 Å². The average molecular weight is 383 g/mol. The van der Waals surface area contributed by atoms with Crippen LogP contribution in [0.5, 0.6) is 0 Å². The highest BCUT2D eigenvalue weighted by Crippen LogP contribution is 2.29. The molecule has 1 heterocycles. The number of hydrogen-bond acceptors (Lipinski definition) is 8. The molecular formula is C17H13N5O6. The number of hydrogen-bond donors (Lipinski definition) is 1. The quantitative estimate of drug-likeness (QED) is 0.349. The molecule has 0 unspecified atom stereocenters. The number of carbonyl (C=O) groups excluding carboxylic acids is 2. The van der Waals surface area contributed by atoms with Gasteiger partial charge in [-0.05, 0) is 25.1 Å². The van der Waals surface area contributed by atoms with Crippen molar-refractivity contribution in [3.05, 3.63) is 73.8 Å². The SMILES string of the molecule is CC(CN1C(=O)c2ccccc2C1=O)=NNc1ccc([N+](=O)[O-])cc1[N+](=O)[O-]. The maximum Gasteiger partial charge on any atom is 0.301 e. The smallest absolute Gasteiger partial charge is 0.272 e. The van der Waals surface area contributed by atoms with Crippen molar-refractivity contribution in [3.63, 3.8) is 0 Å². The summed E-state index contributed by atoms with van der Waals surface area (Å²) in [6.07, 6.45) is 0. The predicted octanol–water partition coefficient (Wildman–Crippen LogP) is 2.59. The Hall–Kier alpha value is -4.15. The number of nitrogens with zero attached hydrogens (tertiary/aromatic N) is 4. The van der Waals surface area contributed by atoms with Crippen molar-refractivity contribution >= 4 is 34.6 Å². The molecule has 0 aromatic heterocycles. The number of fused-ring (bicyclic) bond motifs is 1. The van der Waals surface area contributed by atoms with Crippen LogP contribution < -0.4 is 5.43 Å². The summed E-state index contributed by atoms with van der Waals surface area (Å²) in [5.74, 6) is -0.895. The Labute approximate surface area is 157 Å². The molecule has 142 valence electrons. The third-order valence-corrected chi connectivity index (χ3v) is 4.02. The fourth-order valence-corrected chi connectivity index (χ4v) is 2.68. The van der Waals surface area contributed by atoms with Crippen molar-refractivity contribution in [2.75, 3.05) is 12.0 Å². The number of carbonyl (C=O) groups is 2. The lowest BCUT2D eigenvalue weighted by Gasteiger charge is -2.13. The summed E-state index contributed by atoms with van der Waals surface area (Å²) in [6.45, 7) is 1.42. The number of hydrazone groups is 1. The molecule has 2 aromatic carbocycles. The molecule has 0 saturated carbocycles. The van der Waals surface area contributed by atoms with Gasteiger partial charge >= 0.3 is 5.69 Å². The van der Waals surface area contributed by atoms with Gasteiger partial charge in [-0.1, -0.05) is 12.1 Å². The van der Waals surface area contributed by atoms with Crippen molar-refractivity contribution in [3.8, 4) is 0 Å². The number of non-ortho nitro benzene ring substituents is 1. The Morgan fingerprint density at radius 2 is 1.64 bits per heavy atom. The third-order valence-electron chi connectivity index (χ3n) is 4.02. The van der Waals surface area contributed by atoms with Crippen LogP contribution in [0.15, 0.2) is 47.6 Å². The molecule has 11 heteroatoms.